The molecule has 0 fully saturated rings. The van der Waals surface area contributed by atoms with Crippen molar-refractivity contribution in [3.63, 3.8) is 0 Å². The predicted octanol–water partition coefficient (Wildman–Crippen LogP) is 3.69. The molecule has 1 rings (SSSR count). The predicted molar refractivity (Wildman–Crippen MR) is 86.5 cm³/mol. The second-order valence-corrected chi connectivity index (χ2v) is 5.26. The van der Waals surface area contributed by atoms with E-state index in [1.807, 2.05) is 4.90 Å². The van der Waals surface area contributed by atoms with Crippen molar-refractivity contribution in [2.24, 2.45) is 0 Å². The van der Waals surface area contributed by atoms with E-state index in [1.54, 1.807) is 24.3 Å². The van der Waals surface area contributed by atoms with Gasteiger partial charge in [0.05, 0.1) is 0 Å². The molecule has 4 heteroatoms. The van der Waals surface area contributed by atoms with Gasteiger partial charge in [0, 0.05) is 31.3 Å². The molecule has 0 aliphatic heterocycles. The molecule has 1 N–H and O–H groups in total. The number of hydrogen-bond acceptors (Lipinski definition) is 2. The van der Waals surface area contributed by atoms with Crippen molar-refractivity contribution in [2.45, 2.75) is 46.5 Å². The lowest BCUT2D eigenvalue weighted by Crippen LogP contribution is -2.32. The van der Waals surface area contributed by atoms with Crippen LogP contribution in [0, 0.1) is 0 Å². The van der Waals surface area contributed by atoms with Gasteiger partial charge in [0.25, 0.3) is 5.91 Å². The maximum Gasteiger partial charge on any atom is 0.253 e. The van der Waals surface area contributed by atoms with Crippen molar-refractivity contribution >= 4 is 17.5 Å². The van der Waals surface area contributed by atoms with Crippen molar-refractivity contribution in [1.82, 2.24) is 4.90 Å². The summed E-state index contributed by atoms with van der Waals surface area (Å²) in [5, 5.41) is 2.70. The highest BCUT2D eigenvalue weighted by molar-refractivity contribution is 5.95. The highest BCUT2D eigenvalue weighted by atomic mass is 16.2. The van der Waals surface area contributed by atoms with E-state index in [4.69, 9.17) is 0 Å². The normalized spacial score (nSPS) is 10.2. The zero-order chi connectivity index (χ0) is 15.7. The highest BCUT2D eigenvalue weighted by Crippen LogP contribution is 2.13. The van der Waals surface area contributed by atoms with E-state index in [1.165, 1.54) is 6.92 Å². The molecule has 0 heterocycles. The van der Waals surface area contributed by atoms with E-state index in [0.717, 1.165) is 38.8 Å². The Balaban J connectivity index is 2.74. The second-order valence-electron chi connectivity index (χ2n) is 5.26. The smallest absolute Gasteiger partial charge is 0.253 e. The number of unbranched alkanes of at least 4 members (excludes halogenated alkanes) is 2. The van der Waals surface area contributed by atoms with Gasteiger partial charge in [-0.3, -0.25) is 9.59 Å². The Morgan fingerprint density at radius 1 is 1.00 bits per heavy atom. The molecule has 21 heavy (non-hydrogen) atoms. The molecule has 0 aliphatic rings. The average Bonchev–Trinajstić information content (AvgIpc) is 2.47. The minimum absolute atomic E-state index is 0.0753. The number of carbonyl (C=O) groups is 2. The van der Waals surface area contributed by atoms with E-state index in [2.05, 4.69) is 19.2 Å². The molecular weight excluding hydrogens is 264 g/mol. The van der Waals surface area contributed by atoms with Crippen molar-refractivity contribution in [2.75, 3.05) is 18.4 Å². The van der Waals surface area contributed by atoms with Gasteiger partial charge in [0.2, 0.25) is 5.91 Å². The number of benzene rings is 1. The molecule has 4 nitrogen and oxygen atoms in total. The van der Waals surface area contributed by atoms with Gasteiger partial charge in [-0.2, -0.15) is 0 Å². The minimum atomic E-state index is -0.110. The third-order valence-corrected chi connectivity index (χ3v) is 3.30. The van der Waals surface area contributed by atoms with Crippen LogP contribution in [0.3, 0.4) is 0 Å². The molecular formula is C17H26N2O2. The standard InChI is InChI=1S/C17H26N2O2/c1-4-6-12-19(13-7-5-2)17(21)15-8-10-16(11-9-15)18-14(3)20/h8-11H,4-7,12-13H2,1-3H3,(H,18,20). The van der Waals surface area contributed by atoms with Gasteiger partial charge in [0.1, 0.15) is 0 Å². The number of carbonyl (C=O) groups excluding carboxylic acids is 2. The number of rotatable bonds is 8. The summed E-state index contributed by atoms with van der Waals surface area (Å²) in [5.41, 5.74) is 1.39. The molecule has 1 aromatic carbocycles. The van der Waals surface area contributed by atoms with Crippen LogP contribution >= 0.6 is 0 Å². The zero-order valence-corrected chi connectivity index (χ0v) is 13.3. The number of nitrogens with one attached hydrogen (secondary N) is 1. The van der Waals surface area contributed by atoms with Crippen LogP contribution in [0.2, 0.25) is 0 Å². The lowest BCUT2D eigenvalue weighted by atomic mass is 10.1. The van der Waals surface area contributed by atoms with Crippen molar-refractivity contribution < 1.29 is 9.59 Å². The Bertz CT molecular complexity index is 446. The summed E-state index contributed by atoms with van der Waals surface area (Å²) >= 11 is 0. The van der Waals surface area contributed by atoms with Crippen LogP contribution < -0.4 is 5.32 Å². The molecule has 116 valence electrons. The van der Waals surface area contributed by atoms with E-state index in [9.17, 15) is 9.59 Å². The quantitative estimate of drug-likeness (QED) is 0.794. The summed E-state index contributed by atoms with van der Waals surface area (Å²) in [7, 11) is 0. The fourth-order valence-electron chi connectivity index (χ4n) is 2.09. The number of amides is 2. The van der Waals surface area contributed by atoms with Crippen LogP contribution in [0.4, 0.5) is 5.69 Å². The van der Waals surface area contributed by atoms with Crippen molar-refractivity contribution in [3.8, 4) is 0 Å². The van der Waals surface area contributed by atoms with Gasteiger partial charge in [0.15, 0.2) is 0 Å². The van der Waals surface area contributed by atoms with E-state index in [-0.39, 0.29) is 11.8 Å². The number of nitrogens with zero attached hydrogens (tertiary/aromatic N) is 1. The summed E-state index contributed by atoms with van der Waals surface area (Å²) in [6, 6.07) is 7.09. The molecule has 1 aromatic rings. The van der Waals surface area contributed by atoms with E-state index in [0.29, 0.717) is 11.3 Å². The molecule has 0 saturated carbocycles. The van der Waals surface area contributed by atoms with Crippen LogP contribution in [-0.4, -0.2) is 29.8 Å². The van der Waals surface area contributed by atoms with Gasteiger partial charge < -0.3 is 10.2 Å². The largest absolute Gasteiger partial charge is 0.339 e. The fourth-order valence-corrected chi connectivity index (χ4v) is 2.09. The maximum absolute atomic E-state index is 12.5. The Morgan fingerprint density at radius 2 is 1.52 bits per heavy atom. The van der Waals surface area contributed by atoms with Crippen LogP contribution in [0.25, 0.3) is 0 Å². The highest BCUT2D eigenvalue weighted by Gasteiger charge is 2.14. The van der Waals surface area contributed by atoms with Gasteiger partial charge in [-0.25, -0.2) is 0 Å². The van der Waals surface area contributed by atoms with Crippen LogP contribution in [0.5, 0.6) is 0 Å². The zero-order valence-electron chi connectivity index (χ0n) is 13.3. The number of hydrogen-bond donors (Lipinski definition) is 1. The Kier molecular flexibility index (Phi) is 7.51. The number of anilines is 1. The van der Waals surface area contributed by atoms with Gasteiger partial charge in [-0.15, -0.1) is 0 Å². The summed E-state index contributed by atoms with van der Waals surface area (Å²) in [6.07, 6.45) is 4.22. The Labute approximate surface area is 127 Å². The van der Waals surface area contributed by atoms with Crippen LogP contribution in [-0.2, 0) is 4.79 Å². The summed E-state index contributed by atoms with van der Waals surface area (Å²) in [4.78, 5) is 25.5. The summed E-state index contributed by atoms with van der Waals surface area (Å²) in [5.74, 6) is -0.0344. The first-order valence-corrected chi connectivity index (χ1v) is 7.75. The van der Waals surface area contributed by atoms with E-state index >= 15 is 0 Å². The summed E-state index contributed by atoms with van der Waals surface area (Å²) < 4.78 is 0. The first-order valence-electron chi connectivity index (χ1n) is 7.75. The fraction of sp³-hybridized carbons (Fsp3) is 0.529. The lowest BCUT2D eigenvalue weighted by Gasteiger charge is -2.22. The van der Waals surface area contributed by atoms with Crippen LogP contribution in [0.1, 0.15) is 56.8 Å². The third kappa shape index (κ3) is 5.98. The van der Waals surface area contributed by atoms with Gasteiger partial charge >= 0.3 is 0 Å². The SMILES string of the molecule is CCCCN(CCCC)C(=O)c1ccc(NC(C)=O)cc1. The van der Waals surface area contributed by atoms with Gasteiger partial charge in [-0.05, 0) is 37.1 Å². The molecule has 0 unspecified atom stereocenters. The molecule has 0 atom stereocenters. The molecule has 0 radical (unpaired) electrons. The first kappa shape index (κ1) is 17.2. The minimum Gasteiger partial charge on any atom is -0.339 e. The van der Waals surface area contributed by atoms with Gasteiger partial charge in [-0.1, -0.05) is 26.7 Å². The Morgan fingerprint density at radius 3 is 1.95 bits per heavy atom. The van der Waals surface area contributed by atoms with E-state index < -0.39 is 0 Å². The van der Waals surface area contributed by atoms with Crippen molar-refractivity contribution in [3.05, 3.63) is 29.8 Å². The average molecular weight is 290 g/mol. The molecule has 0 bridgehead atoms. The third-order valence-electron chi connectivity index (χ3n) is 3.30. The topological polar surface area (TPSA) is 49.4 Å². The molecule has 0 aromatic heterocycles. The molecule has 0 saturated heterocycles. The first-order chi connectivity index (χ1) is 10.1. The second kappa shape index (κ2) is 9.16. The monoisotopic (exact) mass is 290 g/mol. The molecule has 0 spiro atoms. The maximum atomic E-state index is 12.5. The van der Waals surface area contributed by atoms with Crippen LogP contribution in [0.15, 0.2) is 24.3 Å². The lowest BCUT2D eigenvalue weighted by molar-refractivity contribution is -0.114. The summed E-state index contributed by atoms with van der Waals surface area (Å²) in [6.45, 7) is 7.34. The van der Waals surface area contributed by atoms with Crippen molar-refractivity contribution in [1.29, 1.82) is 0 Å². The Hall–Kier alpha value is -1.84. The molecule has 0 aliphatic carbocycles. The molecule has 2 amide bonds.